The van der Waals surface area contributed by atoms with Crippen LogP contribution in [-0.4, -0.2) is 30.4 Å². The first kappa shape index (κ1) is 11.4. The fraction of sp³-hybridized carbons (Fsp3) is 1.00. The third-order valence-electron chi connectivity index (χ3n) is 1.60. The highest BCUT2D eigenvalue weighted by Crippen LogP contribution is 1.99. The Hall–Kier alpha value is 0.440. The molecule has 0 spiro atoms. The minimum atomic E-state index is 0.795. The second-order valence-electron chi connectivity index (χ2n) is 3.55. The summed E-state index contributed by atoms with van der Waals surface area (Å²) in [7, 11) is 2.20. The van der Waals surface area contributed by atoms with E-state index < -0.39 is 0 Å². The van der Waals surface area contributed by atoms with Crippen molar-refractivity contribution in [1.82, 2.24) is 4.90 Å². The van der Waals surface area contributed by atoms with E-state index in [1.807, 2.05) is 0 Å². The van der Waals surface area contributed by atoms with Crippen LogP contribution >= 0.6 is 15.9 Å². The summed E-state index contributed by atoms with van der Waals surface area (Å²) in [6, 6.07) is 0. The van der Waals surface area contributed by atoms with Crippen molar-refractivity contribution in [2.75, 3.05) is 25.5 Å². The van der Waals surface area contributed by atoms with Crippen LogP contribution in [0.5, 0.6) is 0 Å². The molecule has 0 aromatic rings. The fourth-order valence-electron chi connectivity index (χ4n) is 1.19. The van der Waals surface area contributed by atoms with Gasteiger partial charge >= 0.3 is 0 Å². The Labute approximate surface area is 79.3 Å². The van der Waals surface area contributed by atoms with Crippen molar-refractivity contribution in [1.29, 1.82) is 0 Å². The van der Waals surface area contributed by atoms with Gasteiger partial charge in [0, 0.05) is 11.9 Å². The zero-order chi connectivity index (χ0) is 8.69. The van der Waals surface area contributed by atoms with E-state index in [9.17, 15) is 0 Å². The van der Waals surface area contributed by atoms with Crippen LogP contribution in [0.25, 0.3) is 0 Å². The van der Waals surface area contributed by atoms with Crippen LogP contribution in [0.4, 0.5) is 0 Å². The lowest BCUT2D eigenvalue weighted by Gasteiger charge is -2.18. The maximum atomic E-state index is 3.43. The molecule has 0 amide bonds. The van der Waals surface area contributed by atoms with E-state index in [1.54, 1.807) is 0 Å². The number of alkyl halides is 1. The highest BCUT2D eigenvalue weighted by molar-refractivity contribution is 9.09. The Morgan fingerprint density at radius 2 is 1.91 bits per heavy atom. The van der Waals surface area contributed by atoms with Crippen LogP contribution in [0.3, 0.4) is 0 Å². The molecule has 0 rings (SSSR count). The van der Waals surface area contributed by atoms with Crippen molar-refractivity contribution >= 4 is 15.9 Å². The zero-order valence-corrected chi connectivity index (χ0v) is 9.52. The van der Waals surface area contributed by atoms with Crippen LogP contribution in [0.1, 0.15) is 26.7 Å². The lowest BCUT2D eigenvalue weighted by molar-refractivity contribution is 0.291. The average molecular weight is 222 g/mol. The van der Waals surface area contributed by atoms with E-state index in [1.165, 1.54) is 25.9 Å². The Kier molecular flexibility index (Phi) is 7.39. The molecule has 0 unspecified atom stereocenters. The van der Waals surface area contributed by atoms with Crippen molar-refractivity contribution in [3.8, 4) is 0 Å². The topological polar surface area (TPSA) is 3.24 Å². The van der Waals surface area contributed by atoms with E-state index in [2.05, 4.69) is 41.7 Å². The quantitative estimate of drug-likeness (QED) is 0.493. The lowest BCUT2D eigenvalue weighted by atomic mass is 10.2. The number of unbranched alkanes of at least 4 members (excludes halogenated alkanes) is 1. The highest BCUT2D eigenvalue weighted by Gasteiger charge is 1.99. The molecule has 0 N–H and O–H groups in total. The molecule has 0 aliphatic carbocycles. The summed E-state index contributed by atoms with van der Waals surface area (Å²) < 4.78 is 0. The molecule has 0 aliphatic heterocycles. The molecule has 2 heteroatoms. The summed E-state index contributed by atoms with van der Waals surface area (Å²) in [6.07, 6.45) is 2.61. The minimum Gasteiger partial charge on any atom is -0.306 e. The molecule has 0 aliphatic rings. The molecule has 11 heavy (non-hydrogen) atoms. The Balaban J connectivity index is 3.15. The average Bonchev–Trinajstić information content (AvgIpc) is 1.86. The molecule has 0 bridgehead atoms. The molecule has 0 aromatic heterocycles. The Morgan fingerprint density at radius 3 is 2.36 bits per heavy atom. The summed E-state index contributed by atoms with van der Waals surface area (Å²) in [5.41, 5.74) is 0. The Bertz CT molecular complexity index is 83.6. The molecule has 0 heterocycles. The normalized spacial score (nSPS) is 11.5. The number of rotatable bonds is 6. The van der Waals surface area contributed by atoms with Crippen LogP contribution in [0.15, 0.2) is 0 Å². The Morgan fingerprint density at radius 1 is 1.27 bits per heavy atom. The first-order valence-corrected chi connectivity index (χ1v) is 5.53. The first-order chi connectivity index (χ1) is 5.16. The standard InChI is InChI=1S/C9H20BrN/c1-9(2)8-11(3)7-5-4-6-10/h9H,4-8H2,1-3H3. The van der Waals surface area contributed by atoms with Crippen molar-refractivity contribution in [3.63, 3.8) is 0 Å². The second-order valence-corrected chi connectivity index (χ2v) is 4.35. The van der Waals surface area contributed by atoms with Crippen molar-refractivity contribution in [3.05, 3.63) is 0 Å². The number of hydrogen-bond acceptors (Lipinski definition) is 1. The van der Waals surface area contributed by atoms with Gasteiger partial charge in [-0.1, -0.05) is 29.8 Å². The molecule has 0 atom stereocenters. The monoisotopic (exact) mass is 221 g/mol. The molecule has 0 radical (unpaired) electrons. The summed E-state index contributed by atoms with van der Waals surface area (Å²) >= 11 is 3.43. The summed E-state index contributed by atoms with van der Waals surface area (Å²) in [6.45, 7) is 6.99. The van der Waals surface area contributed by atoms with Gasteiger partial charge in [-0.3, -0.25) is 0 Å². The number of hydrogen-bond donors (Lipinski definition) is 0. The lowest BCUT2D eigenvalue weighted by Crippen LogP contribution is -2.24. The maximum Gasteiger partial charge on any atom is 0.00317 e. The molecule has 0 saturated carbocycles. The van der Waals surface area contributed by atoms with E-state index in [0.29, 0.717) is 0 Å². The van der Waals surface area contributed by atoms with Gasteiger partial charge in [0.05, 0.1) is 0 Å². The van der Waals surface area contributed by atoms with Gasteiger partial charge in [-0.25, -0.2) is 0 Å². The third-order valence-corrected chi connectivity index (χ3v) is 2.16. The molecule has 1 nitrogen and oxygen atoms in total. The number of nitrogens with zero attached hydrogens (tertiary/aromatic N) is 1. The van der Waals surface area contributed by atoms with Crippen molar-refractivity contribution in [2.45, 2.75) is 26.7 Å². The molecular formula is C9H20BrN. The number of halogens is 1. The van der Waals surface area contributed by atoms with E-state index in [0.717, 1.165) is 11.2 Å². The highest BCUT2D eigenvalue weighted by atomic mass is 79.9. The fourth-order valence-corrected chi connectivity index (χ4v) is 1.59. The van der Waals surface area contributed by atoms with Gasteiger partial charge < -0.3 is 4.90 Å². The molecule has 68 valence electrons. The van der Waals surface area contributed by atoms with Crippen molar-refractivity contribution in [2.24, 2.45) is 5.92 Å². The van der Waals surface area contributed by atoms with Gasteiger partial charge in [0.2, 0.25) is 0 Å². The van der Waals surface area contributed by atoms with E-state index in [-0.39, 0.29) is 0 Å². The van der Waals surface area contributed by atoms with Gasteiger partial charge in [-0.15, -0.1) is 0 Å². The smallest absolute Gasteiger partial charge is 0.00317 e. The van der Waals surface area contributed by atoms with Crippen molar-refractivity contribution < 1.29 is 0 Å². The summed E-state index contributed by atoms with van der Waals surface area (Å²) in [4.78, 5) is 2.41. The van der Waals surface area contributed by atoms with E-state index in [4.69, 9.17) is 0 Å². The molecule has 0 fully saturated rings. The van der Waals surface area contributed by atoms with Gasteiger partial charge in [-0.2, -0.15) is 0 Å². The second kappa shape index (κ2) is 7.11. The van der Waals surface area contributed by atoms with Gasteiger partial charge in [0.1, 0.15) is 0 Å². The zero-order valence-electron chi connectivity index (χ0n) is 7.94. The minimum absolute atomic E-state index is 0.795. The SMILES string of the molecule is CC(C)CN(C)CCCCBr. The predicted octanol–water partition coefficient (Wildman–Crippen LogP) is 2.75. The van der Waals surface area contributed by atoms with Crippen LogP contribution in [0.2, 0.25) is 0 Å². The molecule has 0 aromatic carbocycles. The van der Waals surface area contributed by atoms with Crippen LogP contribution in [0, 0.1) is 5.92 Å². The molecule has 0 saturated heterocycles. The third kappa shape index (κ3) is 8.35. The van der Waals surface area contributed by atoms with Gasteiger partial charge in [0.25, 0.3) is 0 Å². The largest absolute Gasteiger partial charge is 0.306 e. The van der Waals surface area contributed by atoms with Crippen LogP contribution in [-0.2, 0) is 0 Å². The van der Waals surface area contributed by atoms with Gasteiger partial charge in [0.15, 0.2) is 0 Å². The predicted molar refractivity (Wildman–Crippen MR) is 55.4 cm³/mol. The molecular weight excluding hydrogens is 202 g/mol. The first-order valence-electron chi connectivity index (χ1n) is 4.41. The van der Waals surface area contributed by atoms with Crippen LogP contribution < -0.4 is 0 Å². The maximum absolute atomic E-state index is 3.43. The summed E-state index contributed by atoms with van der Waals surface area (Å²) in [5, 5.41) is 1.14. The van der Waals surface area contributed by atoms with Gasteiger partial charge in [-0.05, 0) is 32.4 Å². The summed E-state index contributed by atoms with van der Waals surface area (Å²) in [5.74, 6) is 0.795. The van der Waals surface area contributed by atoms with E-state index >= 15 is 0 Å².